The normalized spacial score (nSPS) is 12.0. The van der Waals surface area contributed by atoms with Gasteiger partial charge in [-0.3, -0.25) is 0 Å². The number of hydrogen-bond donors (Lipinski definition) is 3. The van der Waals surface area contributed by atoms with E-state index in [9.17, 15) is 0 Å². The highest BCUT2D eigenvalue weighted by atomic mass is 28.4. The van der Waals surface area contributed by atoms with E-state index in [4.69, 9.17) is 16.2 Å². The van der Waals surface area contributed by atoms with Crippen LogP contribution in [0.5, 0.6) is 0 Å². The number of nitrogens with two attached hydrogens (primary N) is 3. The summed E-state index contributed by atoms with van der Waals surface area (Å²) in [5.74, 6) is 0. The van der Waals surface area contributed by atoms with Gasteiger partial charge in [-0.05, 0) is 6.04 Å². The molecular formula is C3H13N3Si. The molecule has 0 aliphatic carbocycles. The maximum atomic E-state index is 5.34. The molecule has 0 saturated carbocycles. The Labute approximate surface area is 45.1 Å². The van der Waals surface area contributed by atoms with Gasteiger partial charge in [-0.15, -0.1) is 0 Å². The molecule has 0 rings (SSSR count). The van der Waals surface area contributed by atoms with E-state index in [-0.39, 0.29) is 0 Å². The van der Waals surface area contributed by atoms with Gasteiger partial charge in [-0.1, -0.05) is 13.3 Å². The minimum absolute atomic E-state index is 0.812. The lowest BCUT2D eigenvalue weighted by Crippen LogP contribution is -2.64. The quantitative estimate of drug-likeness (QED) is 0.417. The zero-order valence-electron chi connectivity index (χ0n) is 4.65. The second kappa shape index (κ2) is 2.42. The maximum absolute atomic E-state index is 5.34. The van der Waals surface area contributed by atoms with Crippen LogP contribution in [0.15, 0.2) is 0 Å². The van der Waals surface area contributed by atoms with E-state index in [2.05, 4.69) is 0 Å². The van der Waals surface area contributed by atoms with Crippen LogP contribution in [0.2, 0.25) is 6.04 Å². The predicted molar refractivity (Wildman–Crippen MR) is 33.4 cm³/mol. The second-order valence-corrected chi connectivity index (χ2v) is 4.59. The molecule has 0 spiro atoms. The molecule has 0 bridgehead atoms. The summed E-state index contributed by atoms with van der Waals surface area (Å²) >= 11 is 0. The van der Waals surface area contributed by atoms with E-state index in [1.54, 1.807) is 0 Å². The predicted octanol–water partition coefficient (Wildman–Crippen LogP) is -0.789. The third kappa shape index (κ3) is 6.10. The standard InChI is InChI=1S/C3H13N3Si/c1-2-3-7(4,5)6/h2-6H2,1H3. The minimum atomic E-state index is -2.16. The molecule has 4 heteroatoms. The number of hydrogen-bond acceptors (Lipinski definition) is 3. The van der Waals surface area contributed by atoms with Crippen LogP contribution >= 0.6 is 0 Å². The second-order valence-electron chi connectivity index (χ2n) is 1.86. The van der Waals surface area contributed by atoms with E-state index in [0.717, 1.165) is 12.5 Å². The first-order chi connectivity index (χ1) is 3.06. The van der Waals surface area contributed by atoms with E-state index >= 15 is 0 Å². The highest BCUT2D eigenvalue weighted by Gasteiger charge is 2.13. The van der Waals surface area contributed by atoms with Crippen molar-refractivity contribution in [3.63, 3.8) is 0 Å². The van der Waals surface area contributed by atoms with Gasteiger partial charge in [0.25, 0.3) is 8.56 Å². The fourth-order valence-electron chi connectivity index (χ4n) is 0.433. The first kappa shape index (κ1) is 7.10. The van der Waals surface area contributed by atoms with Crippen molar-refractivity contribution in [1.82, 2.24) is 0 Å². The van der Waals surface area contributed by atoms with Gasteiger partial charge in [0.15, 0.2) is 0 Å². The van der Waals surface area contributed by atoms with Gasteiger partial charge < -0.3 is 16.2 Å². The first-order valence-electron chi connectivity index (χ1n) is 2.43. The average Bonchev–Trinajstić information content (AvgIpc) is 1.30. The average molecular weight is 119 g/mol. The Hall–Kier alpha value is 0.0969. The largest absolute Gasteiger partial charge is 0.327 e. The van der Waals surface area contributed by atoms with Crippen LogP contribution in [0, 0.1) is 0 Å². The molecule has 44 valence electrons. The molecule has 0 amide bonds. The van der Waals surface area contributed by atoms with Crippen LogP contribution < -0.4 is 16.2 Å². The molecule has 0 atom stereocenters. The van der Waals surface area contributed by atoms with Crippen molar-refractivity contribution in [2.24, 2.45) is 16.2 Å². The molecule has 0 unspecified atom stereocenters. The highest BCUT2D eigenvalue weighted by Crippen LogP contribution is 1.89. The van der Waals surface area contributed by atoms with Gasteiger partial charge in [0, 0.05) is 0 Å². The lowest BCUT2D eigenvalue weighted by atomic mass is 10.6. The van der Waals surface area contributed by atoms with Crippen molar-refractivity contribution in [3.8, 4) is 0 Å². The Morgan fingerprint density at radius 1 is 1.29 bits per heavy atom. The summed E-state index contributed by atoms with van der Waals surface area (Å²) < 4.78 is 0. The molecule has 0 aliphatic heterocycles. The van der Waals surface area contributed by atoms with Gasteiger partial charge in [-0.2, -0.15) is 0 Å². The summed E-state index contributed by atoms with van der Waals surface area (Å²) in [6.07, 6.45) is 0.996. The summed E-state index contributed by atoms with van der Waals surface area (Å²) in [6.45, 7) is 2.02. The Morgan fingerprint density at radius 3 is 1.71 bits per heavy atom. The smallest absolute Gasteiger partial charge is 0.273 e. The maximum Gasteiger partial charge on any atom is 0.273 e. The third-order valence-electron chi connectivity index (χ3n) is 0.683. The number of rotatable bonds is 2. The zero-order valence-corrected chi connectivity index (χ0v) is 5.65. The fourth-order valence-corrected chi connectivity index (χ4v) is 1.30. The van der Waals surface area contributed by atoms with Gasteiger partial charge in [0.1, 0.15) is 0 Å². The Kier molecular flexibility index (Phi) is 2.45. The van der Waals surface area contributed by atoms with Crippen LogP contribution in [-0.4, -0.2) is 8.56 Å². The molecule has 0 aromatic heterocycles. The van der Waals surface area contributed by atoms with Gasteiger partial charge in [-0.25, -0.2) is 0 Å². The van der Waals surface area contributed by atoms with Crippen LogP contribution in [0.3, 0.4) is 0 Å². The Morgan fingerprint density at radius 2 is 1.71 bits per heavy atom. The van der Waals surface area contributed by atoms with Crippen molar-refractivity contribution >= 4 is 8.56 Å². The summed E-state index contributed by atoms with van der Waals surface area (Å²) in [7, 11) is -2.16. The van der Waals surface area contributed by atoms with Crippen molar-refractivity contribution in [2.75, 3.05) is 0 Å². The van der Waals surface area contributed by atoms with Crippen LogP contribution in [0.4, 0.5) is 0 Å². The monoisotopic (exact) mass is 119 g/mol. The molecule has 0 aliphatic rings. The van der Waals surface area contributed by atoms with Crippen molar-refractivity contribution in [2.45, 2.75) is 19.4 Å². The molecule has 3 nitrogen and oxygen atoms in total. The van der Waals surface area contributed by atoms with Crippen molar-refractivity contribution in [1.29, 1.82) is 0 Å². The highest BCUT2D eigenvalue weighted by molar-refractivity contribution is 6.70. The van der Waals surface area contributed by atoms with E-state index in [1.165, 1.54) is 0 Å². The van der Waals surface area contributed by atoms with Gasteiger partial charge >= 0.3 is 0 Å². The molecule has 0 heterocycles. The van der Waals surface area contributed by atoms with E-state index in [1.807, 2.05) is 6.92 Å². The molecular weight excluding hydrogens is 106 g/mol. The zero-order chi connectivity index (χ0) is 5.91. The SMILES string of the molecule is CCC[Si](N)(N)N. The Bertz CT molecular complexity index is 48.6. The van der Waals surface area contributed by atoms with Crippen LogP contribution in [-0.2, 0) is 0 Å². The van der Waals surface area contributed by atoms with E-state index < -0.39 is 8.56 Å². The topological polar surface area (TPSA) is 78.1 Å². The molecule has 0 radical (unpaired) electrons. The molecule has 7 heavy (non-hydrogen) atoms. The lowest BCUT2D eigenvalue weighted by molar-refractivity contribution is 1.02. The molecule has 0 fully saturated rings. The van der Waals surface area contributed by atoms with Crippen molar-refractivity contribution in [3.05, 3.63) is 0 Å². The summed E-state index contributed by atoms with van der Waals surface area (Å²) in [6, 6.07) is 0.812. The van der Waals surface area contributed by atoms with Gasteiger partial charge in [0.05, 0.1) is 0 Å². The molecule has 0 saturated heterocycles. The molecule has 0 aromatic rings. The van der Waals surface area contributed by atoms with Crippen molar-refractivity contribution < 1.29 is 0 Å². The summed E-state index contributed by atoms with van der Waals surface area (Å²) in [5, 5.41) is 16.0. The van der Waals surface area contributed by atoms with E-state index in [0.29, 0.717) is 0 Å². The summed E-state index contributed by atoms with van der Waals surface area (Å²) in [4.78, 5) is 0. The fraction of sp³-hybridized carbons (Fsp3) is 1.00. The third-order valence-corrected chi connectivity index (χ3v) is 2.05. The minimum Gasteiger partial charge on any atom is -0.327 e. The van der Waals surface area contributed by atoms with Gasteiger partial charge in [0.2, 0.25) is 0 Å². The first-order valence-corrected chi connectivity index (χ1v) is 4.87. The lowest BCUT2D eigenvalue weighted by Gasteiger charge is -2.10. The summed E-state index contributed by atoms with van der Waals surface area (Å²) in [5.41, 5.74) is 0. The molecule has 0 aromatic carbocycles. The van der Waals surface area contributed by atoms with Crippen LogP contribution in [0.1, 0.15) is 13.3 Å². The molecule has 6 N–H and O–H groups in total. The van der Waals surface area contributed by atoms with Crippen LogP contribution in [0.25, 0.3) is 0 Å². The Balaban J connectivity index is 3.15.